The van der Waals surface area contributed by atoms with Gasteiger partial charge in [0.1, 0.15) is 0 Å². The van der Waals surface area contributed by atoms with Crippen molar-refractivity contribution in [2.45, 2.75) is 26.9 Å². The molecule has 2 aromatic rings. The summed E-state index contributed by atoms with van der Waals surface area (Å²) in [7, 11) is 0. The molecule has 0 amide bonds. The largest absolute Gasteiger partial charge is 0.398 e. The minimum Gasteiger partial charge on any atom is -0.398 e. The summed E-state index contributed by atoms with van der Waals surface area (Å²) in [6.07, 6.45) is 0.914. The van der Waals surface area contributed by atoms with E-state index < -0.39 is 0 Å². The number of aromatic nitrogens is 1. The topological polar surface area (TPSA) is 59.1 Å². The number of hydrogen-bond donors (Lipinski definition) is 2. The number of anilines is 1. The fourth-order valence-electron chi connectivity index (χ4n) is 2.08. The van der Waals surface area contributed by atoms with Crippen molar-refractivity contribution in [1.82, 2.24) is 4.98 Å². The lowest BCUT2D eigenvalue weighted by Crippen LogP contribution is -2.03. The van der Waals surface area contributed by atoms with Crippen LogP contribution in [-0.4, -0.2) is 10.1 Å². The van der Waals surface area contributed by atoms with Gasteiger partial charge in [0.15, 0.2) is 0 Å². The standard InChI is InChI=1S/C13H16N2O/c1-3-9-5-4-6-11-12(9)13(14)10(7-16)8(2)15-11/h4-6,16H,3,7H2,1-2H3,(H2,14,15). The van der Waals surface area contributed by atoms with Crippen LogP contribution in [0.5, 0.6) is 0 Å². The Kier molecular flexibility index (Phi) is 2.79. The molecule has 0 atom stereocenters. The predicted octanol–water partition coefficient (Wildman–Crippen LogP) is 2.18. The molecule has 84 valence electrons. The zero-order valence-corrected chi connectivity index (χ0v) is 9.62. The Labute approximate surface area is 94.9 Å². The Bertz CT molecular complexity index is 535. The highest BCUT2D eigenvalue weighted by Gasteiger charge is 2.11. The molecule has 1 aromatic carbocycles. The first-order valence-corrected chi connectivity index (χ1v) is 5.46. The van der Waals surface area contributed by atoms with Gasteiger partial charge in [-0.15, -0.1) is 0 Å². The Hall–Kier alpha value is -1.61. The summed E-state index contributed by atoms with van der Waals surface area (Å²) >= 11 is 0. The van der Waals surface area contributed by atoms with Gasteiger partial charge in [-0.3, -0.25) is 4.98 Å². The van der Waals surface area contributed by atoms with E-state index >= 15 is 0 Å². The second-order valence-corrected chi connectivity index (χ2v) is 3.91. The fraction of sp³-hybridized carbons (Fsp3) is 0.308. The molecule has 0 aliphatic rings. The number of aliphatic hydroxyl groups is 1. The van der Waals surface area contributed by atoms with Crippen molar-refractivity contribution in [2.24, 2.45) is 0 Å². The first-order chi connectivity index (χ1) is 7.69. The molecule has 0 fully saturated rings. The van der Waals surface area contributed by atoms with E-state index in [1.54, 1.807) is 0 Å². The molecule has 0 unspecified atom stereocenters. The van der Waals surface area contributed by atoms with Crippen LogP contribution in [0.15, 0.2) is 18.2 Å². The summed E-state index contributed by atoms with van der Waals surface area (Å²) in [5.74, 6) is 0. The average molecular weight is 216 g/mol. The summed E-state index contributed by atoms with van der Waals surface area (Å²) in [4.78, 5) is 4.48. The van der Waals surface area contributed by atoms with Crippen molar-refractivity contribution < 1.29 is 5.11 Å². The lowest BCUT2D eigenvalue weighted by atomic mass is 10.0. The molecule has 1 aromatic heterocycles. The normalized spacial score (nSPS) is 10.9. The van der Waals surface area contributed by atoms with Crippen LogP contribution >= 0.6 is 0 Å². The number of aliphatic hydroxyl groups excluding tert-OH is 1. The number of nitrogens with zero attached hydrogens (tertiary/aromatic N) is 1. The number of nitrogens with two attached hydrogens (primary N) is 1. The number of benzene rings is 1. The predicted molar refractivity (Wildman–Crippen MR) is 66.2 cm³/mol. The number of hydrogen-bond acceptors (Lipinski definition) is 3. The molecule has 0 bridgehead atoms. The second-order valence-electron chi connectivity index (χ2n) is 3.91. The van der Waals surface area contributed by atoms with Gasteiger partial charge in [-0.1, -0.05) is 19.1 Å². The highest BCUT2D eigenvalue weighted by atomic mass is 16.3. The van der Waals surface area contributed by atoms with E-state index in [4.69, 9.17) is 5.73 Å². The van der Waals surface area contributed by atoms with Gasteiger partial charge in [-0.05, 0) is 25.0 Å². The van der Waals surface area contributed by atoms with Crippen molar-refractivity contribution in [2.75, 3.05) is 5.73 Å². The van der Waals surface area contributed by atoms with Gasteiger partial charge in [0, 0.05) is 22.3 Å². The van der Waals surface area contributed by atoms with Gasteiger partial charge in [0.25, 0.3) is 0 Å². The van der Waals surface area contributed by atoms with Gasteiger partial charge in [-0.2, -0.15) is 0 Å². The smallest absolute Gasteiger partial charge is 0.0728 e. The SMILES string of the molecule is CCc1cccc2nc(C)c(CO)c(N)c12. The monoisotopic (exact) mass is 216 g/mol. The second kappa shape index (κ2) is 4.10. The number of pyridine rings is 1. The van der Waals surface area contributed by atoms with Crippen molar-refractivity contribution in [3.63, 3.8) is 0 Å². The van der Waals surface area contributed by atoms with Crippen LogP contribution in [0.2, 0.25) is 0 Å². The van der Waals surface area contributed by atoms with Crippen LogP contribution in [0, 0.1) is 6.92 Å². The van der Waals surface area contributed by atoms with Gasteiger partial charge >= 0.3 is 0 Å². The molecular formula is C13H16N2O. The zero-order chi connectivity index (χ0) is 11.7. The van der Waals surface area contributed by atoms with Crippen LogP contribution in [-0.2, 0) is 13.0 Å². The zero-order valence-electron chi connectivity index (χ0n) is 9.62. The third-order valence-corrected chi connectivity index (χ3v) is 2.99. The quantitative estimate of drug-likeness (QED) is 0.809. The molecule has 0 saturated heterocycles. The maximum atomic E-state index is 9.30. The van der Waals surface area contributed by atoms with E-state index in [-0.39, 0.29) is 6.61 Å². The van der Waals surface area contributed by atoms with Gasteiger partial charge in [0.05, 0.1) is 12.1 Å². The average Bonchev–Trinajstić information content (AvgIpc) is 2.28. The molecule has 0 spiro atoms. The van der Waals surface area contributed by atoms with E-state index in [0.29, 0.717) is 5.69 Å². The van der Waals surface area contributed by atoms with E-state index in [1.807, 2.05) is 19.1 Å². The molecule has 0 aliphatic heterocycles. The third-order valence-electron chi connectivity index (χ3n) is 2.99. The van der Waals surface area contributed by atoms with E-state index in [1.165, 1.54) is 5.56 Å². The summed E-state index contributed by atoms with van der Waals surface area (Å²) in [5, 5.41) is 10.3. The maximum absolute atomic E-state index is 9.30. The number of nitrogen functional groups attached to an aromatic ring is 1. The summed E-state index contributed by atoms with van der Waals surface area (Å²) in [6, 6.07) is 6.00. The first kappa shape index (κ1) is 10.9. The molecule has 0 aliphatic carbocycles. The van der Waals surface area contributed by atoms with Gasteiger partial charge in [0.2, 0.25) is 0 Å². The molecule has 1 heterocycles. The van der Waals surface area contributed by atoms with Crippen LogP contribution in [0.25, 0.3) is 10.9 Å². The van der Waals surface area contributed by atoms with Crippen molar-refractivity contribution in [3.05, 3.63) is 35.0 Å². The molecule has 0 saturated carbocycles. The Morgan fingerprint density at radius 2 is 2.12 bits per heavy atom. The number of fused-ring (bicyclic) bond motifs is 1. The van der Waals surface area contributed by atoms with E-state index in [2.05, 4.69) is 18.0 Å². The van der Waals surface area contributed by atoms with Crippen LogP contribution in [0.1, 0.15) is 23.7 Å². The molecule has 3 N–H and O–H groups in total. The van der Waals surface area contributed by atoms with Crippen LogP contribution in [0.4, 0.5) is 5.69 Å². The Balaban J connectivity index is 2.88. The van der Waals surface area contributed by atoms with Crippen molar-refractivity contribution >= 4 is 16.6 Å². The first-order valence-electron chi connectivity index (χ1n) is 5.46. The third kappa shape index (κ3) is 1.53. The maximum Gasteiger partial charge on any atom is 0.0728 e. The summed E-state index contributed by atoms with van der Waals surface area (Å²) in [6.45, 7) is 3.91. The lowest BCUT2D eigenvalue weighted by Gasteiger charge is -2.12. The lowest BCUT2D eigenvalue weighted by molar-refractivity contribution is 0.281. The minimum atomic E-state index is -0.0569. The van der Waals surface area contributed by atoms with Crippen molar-refractivity contribution in [1.29, 1.82) is 0 Å². The number of aryl methyl sites for hydroxylation is 2. The van der Waals surface area contributed by atoms with E-state index in [9.17, 15) is 5.11 Å². The van der Waals surface area contributed by atoms with Gasteiger partial charge < -0.3 is 10.8 Å². The van der Waals surface area contributed by atoms with Gasteiger partial charge in [-0.25, -0.2) is 0 Å². The summed E-state index contributed by atoms with van der Waals surface area (Å²) < 4.78 is 0. The minimum absolute atomic E-state index is 0.0569. The molecule has 3 nitrogen and oxygen atoms in total. The van der Waals surface area contributed by atoms with Crippen molar-refractivity contribution in [3.8, 4) is 0 Å². The number of rotatable bonds is 2. The highest BCUT2D eigenvalue weighted by Crippen LogP contribution is 2.28. The Morgan fingerprint density at radius 3 is 2.75 bits per heavy atom. The molecule has 0 radical (unpaired) electrons. The molecular weight excluding hydrogens is 200 g/mol. The fourth-order valence-corrected chi connectivity index (χ4v) is 2.08. The molecule has 16 heavy (non-hydrogen) atoms. The van der Waals surface area contributed by atoms with Crippen LogP contribution < -0.4 is 5.73 Å². The molecule has 3 heteroatoms. The van der Waals surface area contributed by atoms with Crippen LogP contribution in [0.3, 0.4) is 0 Å². The van der Waals surface area contributed by atoms with E-state index in [0.717, 1.165) is 28.6 Å². The summed E-state index contributed by atoms with van der Waals surface area (Å²) in [5.41, 5.74) is 10.4. The Morgan fingerprint density at radius 1 is 1.38 bits per heavy atom. The molecule has 2 rings (SSSR count). The highest BCUT2D eigenvalue weighted by molar-refractivity contribution is 5.94.